The molecular formula is C55H37N3O. The predicted molar refractivity (Wildman–Crippen MR) is 246 cm³/mol. The Morgan fingerprint density at radius 2 is 1.03 bits per heavy atom. The van der Waals surface area contributed by atoms with Gasteiger partial charge in [0.05, 0.1) is 0 Å². The number of nitrogens with zero attached hydrogens (tertiary/aromatic N) is 1. The summed E-state index contributed by atoms with van der Waals surface area (Å²) in [7, 11) is 0. The molecule has 10 aromatic carbocycles. The molecule has 0 fully saturated rings. The predicted octanol–water partition coefficient (Wildman–Crippen LogP) is 13.9. The number of benzene rings is 10. The number of rotatable bonds is 5. The maximum atomic E-state index is 6.54. The first-order valence-electron chi connectivity index (χ1n) is 20.2. The van der Waals surface area contributed by atoms with Crippen LogP contribution in [0, 0.1) is 0 Å². The molecule has 0 saturated heterocycles. The van der Waals surface area contributed by atoms with E-state index >= 15 is 0 Å². The van der Waals surface area contributed by atoms with Gasteiger partial charge in [-0.3, -0.25) is 5.32 Å². The quantitative estimate of drug-likeness (QED) is 0.172. The summed E-state index contributed by atoms with van der Waals surface area (Å²) < 4.78 is 6.54. The van der Waals surface area contributed by atoms with Crippen molar-refractivity contribution in [3.05, 3.63) is 217 Å². The fraction of sp³-hybridized carbons (Fsp3) is 0.0364. The highest BCUT2D eigenvalue weighted by Gasteiger charge is 2.27. The molecule has 2 atom stereocenters. The minimum absolute atomic E-state index is 0.196. The van der Waals surface area contributed by atoms with Gasteiger partial charge in [-0.05, 0) is 113 Å². The molecule has 1 aromatic heterocycles. The zero-order valence-corrected chi connectivity index (χ0v) is 32.1. The van der Waals surface area contributed by atoms with Crippen molar-refractivity contribution in [1.82, 2.24) is 10.6 Å². The van der Waals surface area contributed by atoms with E-state index in [0.29, 0.717) is 0 Å². The summed E-state index contributed by atoms with van der Waals surface area (Å²) in [5.41, 5.74) is 9.68. The van der Waals surface area contributed by atoms with Crippen LogP contribution < -0.4 is 10.6 Å². The molecule has 0 aliphatic carbocycles. The number of hydrogen-bond donors (Lipinski definition) is 2. The lowest BCUT2D eigenvalue weighted by atomic mass is 9.94. The van der Waals surface area contributed by atoms with E-state index in [2.05, 4.69) is 211 Å². The van der Waals surface area contributed by atoms with Crippen LogP contribution in [0.15, 0.2) is 210 Å². The Kier molecular flexibility index (Phi) is 7.72. The molecule has 0 saturated carbocycles. The zero-order valence-electron chi connectivity index (χ0n) is 32.1. The van der Waals surface area contributed by atoms with E-state index in [0.717, 1.165) is 55.6 Å². The number of nitrogens with one attached hydrogen (secondary N) is 2. The van der Waals surface area contributed by atoms with Gasteiger partial charge in [0.1, 0.15) is 29.3 Å². The molecule has 4 nitrogen and oxygen atoms in total. The van der Waals surface area contributed by atoms with Crippen molar-refractivity contribution in [3.8, 4) is 22.3 Å². The van der Waals surface area contributed by atoms with Gasteiger partial charge in [0, 0.05) is 16.3 Å². The SMILES string of the molecule is c1ccc2cc(-c3ccc4c(c3)oc3cccc(-c5ccc(C6=NC(c7ccc8ccccc8c7)NC(c7cc8ccccc8c8ccccc78)N6)cc5)c34)ccc2c1. The van der Waals surface area contributed by atoms with Crippen LogP contribution in [0.4, 0.5) is 0 Å². The van der Waals surface area contributed by atoms with E-state index in [-0.39, 0.29) is 12.3 Å². The fourth-order valence-electron chi connectivity index (χ4n) is 9.16. The normalized spacial score (nSPS) is 15.6. The van der Waals surface area contributed by atoms with Crippen molar-refractivity contribution >= 4 is 70.9 Å². The van der Waals surface area contributed by atoms with E-state index in [1.165, 1.54) is 54.2 Å². The standard InChI is InChI=1S/C55H37N3O/c1-3-12-38-30-40(26-20-34(38)10-1)41-28-29-48-51(33-41)59-50-19-9-18-45(52(48)50)36-22-24-37(25-23-36)53-56-54(43-27-21-35-11-2-4-13-39(35)31-43)58-55(57-53)49-32-42-14-5-6-15-44(42)46-16-7-8-17-47(46)49/h1-33,54-55,58H,(H,56,57). The molecule has 0 radical (unpaired) electrons. The van der Waals surface area contributed by atoms with Crippen LogP contribution in [0.5, 0.6) is 0 Å². The Balaban J connectivity index is 0.933. The van der Waals surface area contributed by atoms with Crippen molar-refractivity contribution in [2.24, 2.45) is 4.99 Å². The molecule has 12 rings (SSSR count). The molecule has 0 amide bonds. The second kappa shape index (κ2) is 13.6. The first kappa shape index (κ1) is 33.6. The third-order valence-corrected chi connectivity index (χ3v) is 12.1. The molecule has 0 bridgehead atoms. The Morgan fingerprint density at radius 3 is 1.85 bits per heavy atom. The molecule has 2 N–H and O–H groups in total. The highest BCUT2D eigenvalue weighted by Crippen LogP contribution is 2.40. The van der Waals surface area contributed by atoms with Crippen LogP contribution in [0.1, 0.15) is 29.0 Å². The van der Waals surface area contributed by atoms with E-state index in [1.54, 1.807) is 0 Å². The lowest BCUT2D eigenvalue weighted by Gasteiger charge is -2.33. The summed E-state index contributed by atoms with van der Waals surface area (Å²) in [6, 6.07) is 71.8. The largest absolute Gasteiger partial charge is 0.456 e. The highest BCUT2D eigenvalue weighted by molar-refractivity contribution is 6.13. The molecule has 11 aromatic rings. The van der Waals surface area contributed by atoms with Gasteiger partial charge < -0.3 is 9.73 Å². The van der Waals surface area contributed by atoms with Crippen molar-refractivity contribution < 1.29 is 4.42 Å². The Hall–Kier alpha value is -7.53. The summed E-state index contributed by atoms with van der Waals surface area (Å²) in [5.74, 6) is 0.851. The van der Waals surface area contributed by atoms with Gasteiger partial charge in [0.25, 0.3) is 0 Å². The molecule has 59 heavy (non-hydrogen) atoms. The van der Waals surface area contributed by atoms with E-state index in [4.69, 9.17) is 9.41 Å². The third kappa shape index (κ3) is 5.76. The molecule has 0 spiro atoms. The van der Waals surface area contributed by atoms with Gasteiger partial charge in [-0.1, -0.05) is 164 Å². The second-order valence-electron chi connectivity index (χ2n) is 15.6. The van der Waals surface area contributed by atoms with Gasteiger partial charge in [-0.2, -0.15) is 0 Å². The van der Waals surface area contributed by atoms with Crippen LogP contribution in [0.2, 0.25) is 0 Å². The topological polar surface area (TPSA) is 49.6 Å². The van der Waals surface area contributed by atoms with E-state index in [1.807, 2.05) is 0 Å². The summed E-state index contributed by atoms with van der Waals surface area (Å²) in [4.78, 5) is 5.36. The summed E-state index contributed by atoms with van der Waals surface area (Å²) in [5, 5.41) is 19.8. The Labute approximate surface area is 341 Å². The van der Waals surface area contributed by atoms with Crippen molar-refractivity contribution in [3.63, 3.8) is 0 Å². The maximum absolute atomic E-state index is 6.54. The van der Waals surface area contributed by atoms with E-state index < -0.39 is 0 Å². The minimum atomic E-state index is -0.267. The third-order valence-electron chi connectivity index (χ3n) is 12.1. The van der Waals surface area contributed by atoms with Crippen molar-refractivity contribution in [2.75, 3.05) is 0 Å². The lowest BCUT2D eigenvalue weighted by molar-refractivity contribution is 0.411. The van der Waals surface area contributed by atoms with Crippen LogP contribution in [-0.2, 0) is 0 Å². The van der Waals surface area contributed by atoms with Crippen LogP contribution in [0.3, 0.4) is 0 Å². The number of aliphatic imine (C=N–C) groups is 1. The van der Waals surface area contributed by atoms with E-state index in [9.17, 15) is 0 Å². The molecule has 2 unspecified atom stereocenters. The fourth-order valence-corrected chi connectivity index (χ4v) is 9.16. The van der Waals surface area contributed by atoms with Crippen molar-refractivity contribution in [1.29, 1.82) is 0 Å². The van der Waals surface area contributed by atoms with Gasteiger partial charge >= 0.3 is 0 Å². The summed E-state index contributed by atoms with van der Waals surface area (Å²) in [6.45, 7) is 0. The van der Waals surface area contributed by atoms with Crippen molar-refractivity contribution in [2.45, 2.75) is 12.3 Å². The maximum Gasteiger partial charge on any atom is 0.136 e. The molecule has 4 heteroatoms. The zero-order chi connectivity index (χ0) is 38.9. The molecule has 1 aliphatic heterocycles. The van der Waals surface area contributed by atoms with Gasteiger partial charge in [-0.25, -0.2) is 4.99 Å². The number of furan rings is 1. The first-order valence-corrected chi connectivity index (χ1v) is 20.2. The summed E-state index contributed by atoms with van der Waals surface area (Å²) >= 11 is 0. The smallest absolute Gasteiger partial charge is 0.136 e. The average molecular weight is 756 g/mol. The molecular weight excluding hydrogens is 719 g/mol. The summed E-state index contributed by atoms with van der Waals surface area (Å²) in [6.07, 6.45) is -0.463. The second-order valence-corrected chi connectivity index (χ2v) is 15.6. The van der Waals surface area contributed by atoms with Crippen LogP contribution in [-0.4, -0.2) is 5.84 Å². The first-order chi connectivity index (χ1) is 29.2. The minimum Gasteiger partial charge on any atom is -0.456 e. The number of fused-ring (bicyclic) bond motifs is 8. The average Bonchev–Trinajstić information content (AvgIpc) is 3.69. The molecule has 1 aliphatic rings. The lowest BCUT2D eigenvalue weighted by Crippen LogP contribution is -2.45. The highest BCUT2D eigenvalue weighted by atomic mass is 16.3. The van der Waals surface area contributed by atoms with Gasteiger partial charge in [-0.15, -0.1) is 0 Å². The molecule has 2 heterocycles. The van der Waals surface area contributed by atoms with Crippen LogP contribution in [0.25, 0.3) is 87.3 Å². The van der Waals surface area contributed by atoms with Crippen LogP contribution >= 0.6 is 0 Å². The number of amidine groups is 1. The monoisotopic (exact) mass is 755 g/mol. The van der Waals surface area contributed by atoms with Gasteiger partial charge in [0.2, 0.25) is 0 Å². The van der Waals surface area contributed by atoms with Gasteiger partial charge in [0.15, 0.2) is 0 Å². The Bertz CT molecular complexity index is 3470. The number of hydrogen-bond acceptors (Lipinski definition) is 4. The Morgan fingerprint density at radius 1 is 0.407 bits per heavy atom. The molecule has 278 valence electrons.